The van der Waals surface area contributed by atoms with Gasteiger partial charge in [-0.2, -0.15) is 5.10 Å². The van der Waals surface area contributed by atoms with Crippen molar-refractivity contribution in [2.45, 2.75) is 32.7 Å². The molecule has 0 aliphatic heterocycles. The van der Waals surface area contributed by atoms with Crippen LogP contribution in [0.3, 0.4) is 0 Å². The molecule has 1 atom stereocenters. The van der Waals surface area contributed by atoms with Crippen LogP contribution in [0.1, 0.15) is 23.9 Å². The molecule has 28 heavy (non-hydrogen) atoms. The van der Waals surface area contributed by atoms with Crippen LogP contribution in [0, 0.1) is 10.7 Å². The van der Waals surface area contributed by atoms with Crippen molar-refractivity contribution in [2.24, 2.45) is 5.92 Å². The van der Waals surface area contributed by atoms with E-state index in [2.05, 4.69) is 27.4 Å². The number of amides is 1. The lowest BCUT2D eigenvalue weighted by molar-refractivity contribution is -0.116. The third kappa shape index (κ3) is 3.85. The van der Waals surface area contributed by atoms with E-state index < -0.39 is 0 Å². The molecule has 2 heterocycles. The zero-order valence-electron chi connectivity index (χ0n) is 15.7. The number of H-pyrrole nitrogens is 1. The summed E-state index contributed by atoms with van der Waals surface area (Å²) in [6.07, 6.45) is 3.17. The molecule has 1 aliphatic carbocycles. The Hall–Kier alpha value is -2.52. The predicted molar refractivity (Wildman–Crippen MR) is 111 cm³/mol. The summed E-state index contributed by atoms with van der Waals surface area (Å²) in [6, 6.07) is 7.46. The molecule has 4 rings (SSSR count). The highest BCUT2D eigenvalue weighted by Crippen LogP contribution is 2.32. The maximum atomic E-state index is 12.6. The topological polar surface area (TPSA) is 84.8 Å². The Morgan fingerprint density at radius 2 is 2.21 bits per heavy atom. The number of aromatic nitrogens is 4. The number of ether oxygens (including phenoxy) is 1. The molecule has 9 heteroatoms. The molecule has 0 saturated heterocycles. The van der Waals surface area contributed by atoms with Crippen LogP contribution in [-0.4, -0.2) is 32.8 Å². The molecule has 1 unspecified atom stereocenters. The van der Waals surface area contributed by atoms with Gasteiger partial charge in [-0.3, -0.25) is 14.5 Å². The van der Waals surface area contributed by atoms with Gasteiger partial charge in [-0.05, 0) is 61.7 Å². The lowest BCUT2D eigenvalue weighted by Crippen LogP contribution is -2.19. The van der Waals surface area contributed by atoms with E-state index in [0.717, 1.165) is 36.3 Å². The summed E-state index contributed by atoms with van der Waals surface area (Å²) in [5, 5.41) is 10.6. The second-order valence-electron chi connectivity index (χ2n) is 6.95. The maximum absolute atomic E-state index is 12.6. The Balaban J connectivity index is 1.50. The van der Waals surface area contributed by atoms with Crippen molar-refractivity contribution in [2.75, 3.05) is 12.4 Å². The van der Waals surface area contributed by atoms with Crippen LogP contribution in [0.5, 0.6) is 5.75 Å². The molecule has 146 valence electrons. The number of thiazole rings is 1. The monoisotopic (exact) mass is 415 g/mol. The predicted octanol–water partition coefficient (Wildman–Crippen LogP) is 3.84. The van der Waals surface area contributed by atoms with E-state index in [-0.39, 0.29) is 12.5 Å². The minimum Gasteiger partial charge on any atom is -0.497 e. The molecule has 1 aromatic carbocycles. The fraction of sp³-hybridized carbons (Fsp3) is 0.368. The van der Waals surface area contributed by atoms with E-state index in [1.54, 1.807) is 23.0 Å². The highest BCUT2D eigenvalue weighted by atomic mass is 32.1. The third-order valence-electron chi connectivity index (χ3n) is 4.84. The van der Waals surface area contributed by atoms with Crippen LogP contribution in [0.4, 0.5) is 5.13 Å². The SMILES string of the molecule is COc1ccc(-c2n[nH]c(=S)n2CC(=O)Nc2nc3c(s2)CC(C)CC3)cc1. The number of fused-ring (bicyclic) bond motifs is 1. The normalized spacial score (nSPS) is 15.9. The number of carbonyl (C=O) groups excluding carboxylic acids is 1. The number of nitrogens with one attached hydrogen (secondary N) is 2. The molecule has 0 radical (unpaired) electrons. The Bertz CT molecular complexity index is 1050. The van der Waals surface area contributed by atoms with E-state index in [9.17, 15) is 4.79 Å². The third-order valence-corrected chi connectivity index (χ3v) is 6.19. The standard InChI is InChI=1S/C19H21N5O2S2/c1-11-3-8-14-15(9-11)28-18(20-14)21-16(25)10-24-17(22-23-19(24)27)12-4-6-13(26-2)7-5-12/h4-7,11H,3,8-10H2,1-2H3,(H,23,27)(H,20,21,25). The molecular formula is C19H21N5O2S2. The zero-order valence-corrected chi connectivity index (χ0v) is 17.3. The number of anilines is 1. The van der Waals surface area contributed by atoms with Gasteiger partial charge in [-0.15, -0.1) is 11.3 Å². The number of methoxy groups -OCH3 is 1. The van der Waals surface area contributed by atoms with Gasteiger partial charge in [0.25, 0.3) is 0 Å². The summed E-state index contributed by atoms with van der Waals surface area (Å²) in [5.74, 6) is 1.86. The van der Waals surface area contributed by atoms with Crippen molar-refractivity contribution in [3.8, 4) is 17.1 Å². The number of rotatable bonds is 5. The first kappa shape index (κ1) is 18.8. The molecule has 0 bridgehead atoms. The Kier molecular flexibility index (Phi) is 5.27. The smallest absolute Gasteiger partial charge is 0.246 e. The average Bonchev–Trinajstić information content (AvgIpc) is 3.24. The van der Waals surface area contributed by atoms with Crippen LogP contribution in [0.15, 0.2) is 24.3 Å². The molecule has 7 nitrogen and oxygen atoms in total. The highest BCUT2D eigenvalue weighted by Gasteiger charge is 2.21. The van der Waals surface area contributed by atoms with Crippen LogP contribution in [0.25, 0.3) is 11.4 Å². The Labute approximate surface area is 171 Å². The number of carbonyl (C=O) groups is 1. The van der Waals surface area contributed by atoms with Crippen LogP contribution in [-0.2, 0) is 24.2 Å². The van der Waals surface area contributed by atoms with Crippen molar-refractivity contribution in [1.82, 2.24) is 19.7 Å². The Morgan fingerprint density at radius 1 is 1.43 bits per heavy atom. The molecule has 0 spiro atoms. The molecule has 3 aromatic rings. The molecule has 0 saturated carbocycles. The van der Waals surface area contributed by atoms with Gasteiger partial charge in [0.2, 0.25) is 5.91 Å². The van der Waals surface area contributed by atoms with Gasteiger partial charge in [0.05, 0.1) is 12.8 Å². The minimum atomic E-state index is -0.175. The maximum Gasteiger partial charge on any atom is 0.246 e. The average molecular weight is 416 g/mol. The number of aryl methyl sites for hydroxylation is 1. The minimum absolute atomic E-state index is 0.0668. The highest BCUT2D eigenvalue weighted by molar-refractivity contribution is 7.71. The summed E-state index contributed by atoms with van der Waals surface area (Å²) >= 11 is 6.89. The van der Waals surface area contributed by atoms with Gasteiger partial charge < -0.3 is 10.1 Å². The first-order chi connectivity index (χ1) is 13.5. The number of benzene rings is 1. The summed E-state index contributed by atoms with van der Waals surface area (Å²) < 4.78 is 7.27. The number of nitrogens with zero attached hydrogens (tertiary/aromatic N) is 3. The first-order valence-corrected chi connectivity index (χ1v) is 10.3. The van der Waals surface area contributed by atoms with E-state index in [1.165, 1.54) is 4.88 Å². The van der Waals surface area contributed by atoms with Gasteiger partial charge >= 0.3 is 0 Å². The summed E-state index contributed by atoms with van der Waals surface area (Å²) in [7, 11) is 1.62. The van der Waals surface area contributed by atoms with Gasteiger partial charge in [-0.1, -0.05) is 6.92 Å². The fourth-order valence-corrected chi connectivity index (χ4v) is 4.70. The van der Waals surface area contributed by atoms with E-state index in [1.807, 2.05) is 24.3 Å². The molecular weight excluding hydrogens is 394 g/mol. The first-order valence-electron chi connectivity index (χ1n) is 9.11. The lowest BCUT2D eigenvalue weighted by Gasteiger charge is -2.15. The number of aromatic amines is 1. The van der Waals surface area contributed by atoms with Gasteiger partial charge in [0.1, 0.15) is 12.3 Å². The van der Waals surface area contributed by atoms with E-state index in [0.29, 0.717) is 21.6 Å². The second-order valence-corrected chi connectivity index (χ2v) is 8.42. The molecule has 1 aliphatic rings. The largest absolute Gasteiger partial charge is 0.497 e. The fourth-order valence-electron chi connectivity index (χ4n) is 3.32. The summed E-state index contributed by atoms with van der Waals surface area (Å²) in [4.78, 5) is 18.5. The molecule has 0 fully saturated rings. The van der Waals surface area contributed by atoms with Crippen molar-refractivity contribution < 1.29 is 9.53 Å². The van der Waals surface area contributed by atoms with Crippen LogP contribution < -0.4 is 10.1 Å². The molecule has 1 amide bonds. The van der Waals surface area contributed by atoms with Crippen LogP contribution >= 0.6 is 23.6 Å². The molecule has 2 aromatic heterocycles. The lowest BCUT2D eigenvalue weighted by atomic mass is 9.93. The van der Waals surface area contributed by atoms with Crippen molar-refractivity contribution in [3.63, 3.8) is 0 Å². The van der Waals surface area contributed by atoms with Crippen molar-refractivity contribution in [1.29, 1.82) is 0 Å². The van der Waals surface area contributed by atoms with Crippen molar-refractivity contribution in [3.05, 3.63) is 39.6 Å². The Morgan fingerprint density at radius 3 is 2.96 bits per heavy atom. The summed E-state index contributed by atoms with van der Waals surface area (Å²) in [6.45, 7) is 2.32. The number of hydrogen-bond acceptors (Lipinski definition) is 6. The quantitative estimate of drug-likeness (QED) is 0.619. The van der Waals surface area contributed by atoms with Crippen LogP contribution in [0.2, 0.25) is 0 Å². The van der Waals surface area contributed by atoms with E-state index in [4.69, 9.17) is 17.0 Å². The van der Waals surface area contributed by atoms with Gasteiger partial charge in [-0.25, -0.2) is 4.98 Å². The van der Waals surface area contributed by atoms with E-state index >= 15 is 0 Å². The number of hydrogen-bond donors (Lipinski definition) is 2. The van der Waals surface area contributed by atoms with Gasteiger partial charge in [0, 0.05) is 10.4 Å². The molecule has 2 N–H and O–H groups in total. The summed E-state index contributed by atoms with van der Waals surface area (Å²) in [5.41, 5.74) is 1.97. The second kappa shape index (κ2) is 7.84. The van der Waals surface area contributed by atoms with Gasteiger partial charge in [0.15, 0.2) is 15.7 Å². The van der Waals surface area contributed by atoms with Crippen molar-refractivity contribution >= 4 is 34.6 Å². The zero-order chi connectivity index (χ0) is 19.7.